The quantitative estimate of drug-likeness (QED) is 0.331. The van der Waals surface area contributed by atoms with Gasteiger partial charge in [0.05, 0.1) is 16.7 Å². The molecule has 116 valence electrons. The summed E-state index contributed by atoms with van der Waals surface area (Å²) in [5.41, 5.74) is 6.56. The average Bonchev–Trinajstić information content (AvgIpc) is 3.06. The lowest BCUT2D eigenvalue weighted by atomic mass is 10.1. The smallest absolute Gasteiger partial charge is 0.311 e. The van der Waals surface area contributed by atoms with Gasteiger partial charge in [0.15, 0.2) is 5.96 Å². The maximum atomic E-state index is 11.2. The summed E-state index contributed by atoms with van der Waals surface area (Å²) in [7, 11) is 0. The number of nitro groups is 1. The molecule has 0 radical (unpaired) electrons. The molecule has 3 aromatic rings. The first-order valence-corrected chi connectivity index (χ1v) is 6.76. The Hall–Kier alpha value is -3.42. The van der Waals surface area contributed by atoms with Gasteiger partial charge in [0, 0.05) is 5.39 Å². The second-order valence-corrected chi connectivity index (χ2v) is 4.70. The number of anilines is 1. The highest BCUT2D eigenvalue weighted by Gasteiger charge is 2.18. The van der Waals surface area contributed by atoms with Gasteiger partial charge < -0.3 is 15.5 Å². The Bertz CT molecular complexity index is 874. The molecule has 0 saturated heterocycles. The van der Waals surface area contributed by atoms with Crippen molar-refractivity contribution in [2.24, 2.45) is 10.7 Å². The molecule has 0 aliphatic rings. The lowest BCUT2D eigenvalue weighted by Gasteiger charge is -2.09. The fraction of sp³-hybridized carbons (Fsp3) is 0.0667. The average molecular weight is 311 g/mol. The van der Waals surface area contributed by atoms with Crippen molar-refractivity contribution in [1.29, 1.82) is 0 Å². The molecule has 0 spiro atoms. The van der Waals surface area contributed by atoms with E-state index in [1.807, 2.05) is 0 Å². The minimum Gasteiger partial charge on any atom is -0.467 e. The van der Waals surface area contributed by atoms with Crippen LogP contribution in [0.3, 0.4) is 0 Å². The molecule has 3 N–H and O–H groups in total. The molecule has 23 heavy (non-hydrogen) atoms. The van der Waals surface area contributed by atoms with E-state index in [1.165, 1.54) is 12.5 Å². The molecule has 0 saturated carbocycles. The second-order valence-electron chi connectivity index (χ2n) is 4.70. The molecule has 8 heteroatoms. The number of pyridine rings is 1. The van der Waals surface area contributed by atoms with E-state index in [1.54, 1.807) is 36.4 Å². The fourth-order valence-electron chi connectivity index (χ4n) is 2.13. The van der Waals surface area contributed by atoms with Gasteiger partial charge in [-0.15, -0.1) is 0 Å². The van der Waals surface area contributed by atoms with Gasteiger partial charge >= 0.3 is 5.69 Å². The van der Waals surface area contributed by atoms with Gasteiger partial charge in [-0.3, -0.25) is 10.1 Å². The van der Waals surface area contributed by atoms with E-state index in [-0.39, 0.29) is 23.9 Å². The predicted octanol–water partition coefficient (Wildman–Crippen LogP) is 2.66. The number of benzene rings is 1. The molecule has 2 aromatic heterocycles. The molecule has 1 aromatic carbocycles. The molecule has 0 unspecified atom stereocenters. The monoisotopic (exact) mass is 311 g/mol. The Labute approximate surface area is 130 Å². The topological polar surface area (TPSA) is 120 Å². The van der Waals surface area contributed by atoms with Gasteiger partial charge in [0.25, 0.3) is 0 Å². The van der Waals surface area contributed by atoms with Crippen LogP contribution in [0, 0.1) is 10.1 Å². The van der Waals surface area contributed by atoms with E-state index in [4.69, 9.17) is 10.2 Å². The highest BCUT2D eigenvalue weighted by molar-refractivity contribution is 6.04. The third kappa shape index (κ3) is 3.10. The molecule has 0 fully saturated rings. The van der Waals surface area contributed by atoms with E-state index >= 15 is 0 Å². The Morgan fingerprint density at radius 3 is 2.91 bits per heavy atom. The molecule has 0 bridgehead atoms. The highest BCUT2D eigenvalue weighted by atomic mass is 16.6. The summed E-state index contributed by atoms with van der Waals surface area (Å²) in [6, 6.07) is 10.6. The van der Waals surface area contributed by atoms with Crippen LogP contribution in [-0.2, 0) is 6.54 Å². The first-order valence-electron chi connectivity index (χ1n) is 6.76. The summed E-state index contributed by atoms with van der Waals surface area (Å²) in [4.78, 5) is 18.9. The van der Waals surface area contributed by atoms with Crippen LogP contribution in [0.1, 0.15) is 5.76 Å². The van der Waals surface area contributed by atoms with Crippen molar-refractivity contribution in [2.75, 3.05) is 5.32 Å². The van der Waals surface area contributed by atoms with Crippen LogP contribution < -0.4 is 11.1 Å². The third-order valence-corrected chi connectivity index (χ3v) is 3.19. The number of rotatable bonds is 4. The van der Waals surface area contributed by atoms with Crippen LogP contribution in [0.2, 0.25) is 0 Å². The van der Waals surface area contributed by atoms with Crippen LogP contribution in [0.25, 0.3) is 10.9 Å². The summed E-state index contributed by atoms with van der Waals surface area (Å²) in [5, 5.41) is 14.6. The molecule has 0 aliphatic carbocycles. The molecule has 2 heterocycles. The Morgan fingerprint density at radius 2 is 2.17 bits per heavy atom. The number of aromatic nitrogens is 1. The minimum absolute atomic E-state index is 0.0563. The van der Waals surface area contributed by atoms with E-state index in [0.717, 1.165) is 0 Å². The third-order valence-electron chi connectivity index (χ3n) is 3.19. The number of fused-ring (bicyclic) bond motifs is 1. The van der Waals surface area contributed by atoms with Crippen molar-refractivity contribution in [1.82, 2.24) is 4.98 Å². The number of hydrogen-bond acceptors (Lipinski definition) is 5. The number of para-hydroxylation sites is 1. The van der Waals surface area contributed by atoms with Crippen molar-refractivity contribution in [3.63, 3.8) is 0 Å². The fourth-order valence-corrected chi connectivity index (χ4v) is 2.13. The minimum atomic E-state index is -0.512. The zero-order chi connectivity index (χ0) is 16.2. The lowest BCUT2D eigenvalue weighted by Crippen LogP contribution is -2.23. The van der Waals surface area contributed by atoms with E-state index in [0.29, 0.717) is 16.7 Å². The van der Waals surface area contributed by atoms with E-state index in [2.05, 4.69) is 15.3 Å². The standard InChI is InChI=1S/C15H13N5O3/c16-15(18-8-10-4-3-7-23-10)19-14-11-5-1-2-6-12(11)17-9-13(14)20(21)22/h1-7,9H,8H2,(H3,16,17,18,19). The van der Waals surface area contributed by atoms with Gasteiger partial charge in [-0.25, -0.2) is 9.98 Å². The van der Waals surface area contributed by atoms with Gasteiger partial charge in [-0.05, 0) is 18.2 Å². The molecular formula is C15H13N5O3. The van der Waals surface area contributed by atoms with E-state index in [9.17, 15) is 10.1 Å². The zero-order valence-electron chi connectivity index (χ0n) is 12.0. The number of nitrogens with zero attached hydrogens (tertiary/aromatic N) is 3. The Morgan fingerprint density at radius 1 is 1.35 bits per heavy atom. The van der Waals surface area contributed by atoms with Gasteiger partial charge in [0.2, 0.25) is 0 Å². The van der Waals surface area contributed by atoms with E-state index < -0.39 is 4.92 Å². The van der Waals surface area contributed by atoms with Gasteiger partial charge in [-0.2, -0.15) is 0 Å². The first kappa shape index (κ1) is 14.5. The van der Waals surface area contributed by atoms with Crippen LogP contribution in [0.15, 0.2) is 58.3 Å². The lowest BCUT2D eigenvalue weighted by molar-refractivity contribution is -0.384. The molecule has 0 amide bonds. The highest BCUT2D eigenvalue weighted by Crippen LogP contribution is 2.31. The van der Waals surface area contributed by atoms with Crippen LogP contribution >= 0.6 is 0 Å². The number of nitrogens with two attached hydrogens (primary N) is 1. The Kier molecular flexibility index (Phi) is 3.88. The molecule has 0 aliphatic heterocycles. The summed E-state index contributed by atoms with van der Waals surface area (Å²) >= 11 is 0. The number of hydrogen-bond donors (Lipinski definition) is 2. The summed E-state index contributed by atoms with van der Waals surface area (Å²) in [6.45, 7) is 0.239. The SMILES string of the molecule is NC(=NCc1ccco1)Nc1c([N+](=O)[O-])cnc2ccccc12. The molecular weight excluding hydrogens is 298 g/mol. The van der Waals surface area contributed by atoms with Gasteiger partial charge in [0.1, 0.15) is 24.2 Å². The van der Waals surface area contributed by atoms with Crippen LogP contribution in [0.4, 0.5) is 11.4 Å². The normalized spacial score (nSPS) is 11.6. The van der Waals surface area contributed by atoms with Crippen LogP contribution in [0.5, 0.6) is 0 Å². The largest absolute Gasteiger partial charge is 0.467 e. The number of furan rings is 1. The van der Waals surface area contributed by atoms with Crippen molar-refractivity contribution in [3.05, 3.63) is 64.7 Å². The predicted molar refractivity (Wildman–Crippen MR) is 86.1 cm³/mol. The number of aliphatic imine (C=N–C) groups is 1. The molecule has 8 nitrogen and oxygen atoms in total. The summed E-state index contributed by atoms with van der Waals surface area (Å²) in [6.07, 6.45) is 2.74. The number of nitrogens with one attached hydrogen (secondary N) is 1. The molecule has 0 atom stereocenters. The summed E-state index contributed by atoms with van der Waals surface area (Å²) in [5.74, 6) is 0.699. The van der Waals surface area contributed by atoms with Gasteiger partial charge in [-0.1, -0.05) is 18.2 Å². The maximum Gasteiger partial charge on any atom is 0.311 e. The van der Waals surface area contributed by atoms with Crippen molar-refractivity contribution in [3.8, 4) is 0 Å². The second kappa shape index (κ2) is 6.14. The summed E-state index contributed by atoms with van der Waals surface area (Å²) < 4.78 is 5.16. The number of guanidine groups is 1. The van der Waals surface area contributed by atoms with Crippen LogP contribution in [-0.4, -0.2) is 15.9 Å². The van der Waals surface area contributed by atoms with Crippen molar-refractivity contribution in [2.45, 2.75) is 6.54 Å². The first-order chi connectivity index (χ1) is 11.1. The maximum absolute atomic E-state index is 11.2. The zero-order valence-corrected chi connectivity index (χ0v) is 12.0. The Balaban J connectivity index is 1.95. The van der Waals surface area contributed by atoms with Crippen molar-refractivity contribution >= 4 is 28.2 Å². The molecule has 3 rings (SSSR count). The van der Waals surface area contributed by atoms with Crippen molar-refractivity contribution < 1.29 is 9.34 Å².